The largest absolute Gasteiger partial charge is 0.339 e. The van der Waals surface area contributed by atoms with Crippen molar-refractivity contribution in [2.75, 3.05) is 10.6 Å². The molecule has 25 heavy (non-hydrogen) atoms. The van der Waals surface area contributed by atoms with E-state index in [1.165, 1.54) is 0 Å². The Bertz CT molecular complexity index is 950. The number of nitrogens with one attached hydrogen (secondary N) is 2. The van der Waals surface area contributed by atoms with Gasteiger partial charge in [-0.1, -0.05) is 29.8 Å². The van der Waals surface area contributed by atoms with E-state index in [4.69, 9.17) is 16.9 Å². The number of benzene rings is 2. The predicted octanol–water partition coefficient (Wildman–Crippen LogP) is 4.00. The van der Waals surface area contributed by atoms with Gasteiger partial charge in [0, 0.05) is 5.69 Å². The highest BCUT2D eigenvalue weighted by molar-refractivity contribution is 6.34. The van der Waals surface area contributed by atoms with E-state index < -0.39 is 0 Å². The van der Waals surface area contributed by atoms with Crippen molar-refractivity contribution in [2.24, 2.45) is 0 Å². The first-order chi connectivity index (χ1) is 12.2. The van der Waals surface area contributed by atoms with E-state index >= 15 is 0 Å². The van der Waals surface area contributed by atoms with Crippen LogP contribution < -0.4 is 10.6 Å². The molecule has 0 radical (unpaired) electrons. The van der Waals surface area contributed by atoms with Crippen molar-refractivity contribution in [3.8, 4) is 6.07 Å². The summed E-state index contributed by atoms with van der Waals surface area (Å²) < 4.78 is 0. The smallest absolute Gasteiger partial charge is 0.258 e. The first-order valence-corrected chi connectivity index (χ1v) is 7.70. The highest BCUT2D eigenvalue weighted by Crippen LogP contribution is 2.18. The van der Waals surface area contributed by atoms with E-state index in [0.29, 0.717) is 27.8 Å². The van der Waals surface area contributed by atoms with E-state index in [9.17, 15) is 4.79 Å². The van der Waals surface area contributed by atoms with Crippen molar-refractivity contribution >= 4 is 34.8 Å². The molecular formula is C18H12ClN5O. The molecule has 0 fully saturated rings. The minimum Gasteiger partial charge on any atom is -0.339 e. The predicted molar refractivity (Wildman–Crippen MR) is 95.9 cm³/mol. The lowest BCUT2D eigenvalue weighted by atomic mass is 10.2. The number of nitrogens with zero attached hydrogens (tertiary/aromatic N) is 3. The molecule has 1 aromatic heterocycles. The summed E-state index contributed by atoms with van der Waals surface area (Å²) in [5, 5.41) is 22.9. The molecule has 0 saturated carbocycles. The van der Waals surface area contributed by atoms with Crippen LogP contribution in [0.2, 0.25) is 5.02 Å². The third-order valence-electron chi connectivity index (χ3n) is 3.29. The molecule has 1 heterocycles. The SMILES string of the molecule is N#Cc1cccc(Nc2ccc(NC(=O)c3ccccc3Cl)nn2)c1. The molecular weight excluding hydrogens is 338 g/mol. The minimum atomic E-state index is -0.359. The molecule has 0 aliphatic rings. The first kappa shape index (κ1) is 16.4. The number of nitriles is 1. The lowest BCUT2D eigenvalue weighted by Gasteiger charge is -2.07. The summed E-state index contributed by atoms with van der Waals surface area (Å²) in [5.74, 6) is 0.439. The molecule has 1 amide bonds. The second-order valence-corrected chi connectivity index (χ2v) is 5.46. The Balaban J connectivity index is 1.69. The fourth-order valence-corrected chi connectivity index (χ4v) is 2.33. The summed E-state index contributed by atoms with van der Waals surface area (Å²) in [5.41, 5.74) is 1.63. The molecule has 3 aromatic rings. The monoisotopic (exact) mass is 349 g/mol. The molecule has 6 nitrogen and oxygen atoms in total. The maximum atomic E-state index is 12.2. The number of rotatable bonds is 4. The van der Waals surface area contributed by atoms with Gasteiger partial charge in [0.15, 0.2) is 11.6 Å². The van der Waals surface area contributed by atoms with E-state index in [0.717, 1.165) is 5.69 Å². The molecule has 0 unspecified atom stereocenters. The Hall–Kier alpha value is -3.43. The molecule has 7 heteroatoms. The van der Waals surface area contributed by atoms with Gasteiger partial charge in [0.05, 0.1) is 22.2 Å². The molecule has 0 aliphatic carbocycles. The standard InChI is InChI=1S/C18H12ClN5O/c19-15-7-2-1-6-14(15)18(25)22-17-9-8-16(23-24-17)21-13-5-3-4-12(10-13)11-20/h1-10H,(H,21,23)(H,22,24,25). The maximum Gasteiger partial charge on any atom is 0.258 e. The molecule has 0 atom stereocenters. The molecule has 0 spiro atoms. The van der Waals surface area contributed by atoms with Gasteiger partial charge < -0.3 is 10.6 Å². The van der Waals surface area contributed by atoms with Crippen LogP contribution in [0.1, 0.15) is 15.9 Å². The zero-order valence-electron chi connectivity index (χ0n) is 12.9. The average Bonchev–Trinajstić information content (AvgIpc) is 2.64. The molecule has 122 valence electrons. The molecule has 2 N–H and O–H groups in total. The summed E-state index contributed by atoms with van der Waals surface area (Å²) in [6.07, 6.45) is 0. The number of carbonyl (C=O) groups excluding carboxylic acids is 1. The fourth-order valence-electron chi connectivity index (χ4n) is 2.11. The highest BCUT2D eigenvalue weighted by atomic mass is 35.5. The van der Waals surface area contributed by atoms with Crippen molar-refractivity contribution in [3.63, 3.8) is 0 Å². The summed E-state index contributed by atoms with van der Waals surface area (Å²) in [6, 6.07) is 19.1. The van der Waals surface area contributed by atoms with Gasteiger partial charge in [0.1, 0.15) is 0 Å². The Morgan fingerprint density at radius 2 is 1.76 bits per heavy atom. The second-order valence-electron chi connectivity index (χ2n) is 5.06. The third kappa shape index (κ3) is 4.10. The van der Waals surface area contributed by atoms with Crippen molar-refractivity contribution in [1.82, 2.24) is 10.2 Å². The van der Waals surface area contributed by atoms with Gasteiger partial charge in [-0.15, -0.1) is 10.2 Å². The van der Waals surface area contributed by atoms with Crippen LogP contribution in [0.5, 0.6) is 0 Å². The van der Waals surface area contributed by atoms with Gasteiger partial charge in [-0.3, -0.25) is 4.79 Å². The summed E-state index contributed by atoms with van der Waals surface area (Å²) >= 11 is 6.00. The molecule has 0 aliphatic heterocycles. The van der Waals surface area contributed by atoms with E-state index in [1.54, 1.807) is 54.6 Å². The van der Waals surface area contributed by atoms with Crippen LogP contribution in [0.3, 0.4) is 0 Å². The normalized spacial score (nSPS) is 9.92. The van der Waals surface area contributed by atoms with Crippen molar-refractivity contribution in [2.45, 2.75) is 0 Å². The Labute approximate surface area is 149 Å². The van der Waals surface area contributed by atoms with Crippen LogP contribution in [-0.4, -0.2) is 16.1 Å². The summed E-state index contributed by atoms with van der Waals surface area (Å²) in [6.45, 7) is 0. The fraction of sp³-hybridized carbons (Fsp3) is 0. The number of aromatic nitrogens is 2. The van der Waals surface area contributed by atoms with Crippen LogP contribution in [0.4, 0.5) is 17.3 Å². The molecule has 3 rings (SSSR count). The van der Waals surface area contributed by atoms with Gasteiger partial charge in [-0.25, -0.2) is 0 Å². The Morgan fingerprint density at radius 3 is 2.48 bits per heavy atom. The van der Waals surface area contributed by atoms with Gasteiger partial charge in [-0.05, 0) is 42.5 Å². The Kier molecular flexibility index (Phi) is 4.88. The number of hydrogen-bond donors (Lipinski definition) is 2. The van der Waals surface area contributed by atoms with Gasteiger partial charge in [-0.2, -0.15) is 5.26 Å². The van der Waals surface area contributed by atoms with Crippen LogP contribution in [0.15, 0.2) is 60.7 Å². The van der Waals surface area contributed by atoms with E-state index in [1.807, 2.05) is 6.07 Å². The van der Waals surface area contributed by atoms with Gasteiger partial charge >= 0.3 is 0 Å². The quantitative estimate of drug-likeness (QED) is 0.743. The average molecular weight is 350 g/mol. The number of amides is 1. The zero-order chi connectivity index (χ0) is 17.6. The topological polar surface area (TPSA) is 90.7 Å². The zero-order valence-corrected chi connectivity index (χ0v) is 13.7. The van der Waals surface area contributed by atoms with Crippen molar-refractivity contribution < 1.29 is 4.79 Å². The van der Waals surface area contributed by atoms with Crippen molar-refractivity contribution in [3.05, 3.63) is 76.8 Å². The van der Waals surface area contributed by atoms with Crippen LogP contribution in [0, 0.1) is 11.3 Å². The Morgan fingerprint density at radius 1 is 1.00 bits per heavy atom. The lowest BCUT2D eigenvalue weighted by Crippen LogP contribution is -2.14. The summed E-state index contributed by atoms with van der Waals surface area (Å²) in [7, 11) is 0. The number of hydrogen-bond acceptors (Lipinski definition) is 5. The molecule has 0 saturated heterocycles. The molecule has 2 aromatic carbocycles. The lowest BCUT2D eigenvalue weighted by molar-refractivity contribution is 0.102. The molecule has 0 bridgehead atoms. The maximum absolute atomic E-state index is 12.2. The van der Waals surface area contributed by atoms with Gasteiger partial charge in [0.2, 0.25) is 0 Å². The third-order valence-corrected chi connectivity index (χ3v) is 3.62. The first-order valence-electron chi connectivity index (χ1n) is 7.32. The minimum absolute atomic E-state index is 0.307. The van der Waals surface area contributed by atoms with Crippen LogP contribution >= 0.6 is 11.6 Å². The number of halogens is 1. The number of carbonyl (C=O) groups is 1. The van der Waals surface area contributed by atoms with E-state index in [2.05, 4.69) is 26.9 Å². The summed E-state index contributed by atoms with van der Waals surface area (Å²) in [4.78, 5) is 12.2. The second kappa shape index (κ2) is 7.43. The highest BCUT2D eigenvalue weighted by Gasteiger charge is 2.10. The van der Waals surface area contributed by atoms with Crippen molar-refractivity contribution in [1.29, 1.82) is 5.26 Å². The van der Waals surface area contributed by atoms with Crippen LogP contribution in [0.25, 0.3) is 0 Å². The van der Waals surface area contributed by atoms with E-state index in [-0.39, 0.29) is 5.91 Å². The van der Waals surface area contributed by atoms with Gasteiger partial charge in [0.25, 0.3) is 5.91 Å². The number of anilines is 3. The van der Waals surface area contributed by atoms with Crippen LogP contribution in [-0.2, 0) is 0 Å².